The zero-order valence-electron chi connectivity index (χ0n) is 19.2. The van der Waals surface area contributed by atoms with Crippen LogP contribution in [0.2, 0.25) is 0 Å². The van der Waals surface area contributed by atoms with Gasteiger partial charge in [0.15, 0.2) is 0 Å². The van der Waals surface area contributed by atoms with Crippen molar-refractivity contribution in [3.8, 4) is 0 Å². The maximum atomic E-state index is 13.4. The molecule has 5 rings (SSSR count). The fourth-order valence-electron chi connectivity index (χ4n) is 5.02. The molecule has 2 amide bonds. The van der Waals surface area contributed by atoms with Crippen molar-refractivity contribution in [1.29, 1.82) is 0 Å². The summed E-state index contributed by atoms with van der Waals surface area (Å²) in [5.41, 5.74) is 0.623. The van der Waals surface area contributed by atoms with Gasteiger partial charge >= 0.3 is 5.69 Å². The molecule has 0 radical (unpaired) electrons. The van der Waals surface area contributed by atoms with E-state index in [0.717, 1.165) is 29.3 Å². The normalized spacial score (nSPS) is 16.7. The molecule has 1 aromatic carbocycles. The molecule has 1 aliphatic heterocycles. The Morgan fingerprint density at radius 2 is 1.71 bits per heavy atom. The van der Waals surface area contributed by atoms with Gasteiger partial charge in [-0.15, -0.1) is 0 Å². The molecule has 1 saturated heterocycles. The van der Waals surface area contributed by atoms with Gasteiger partial charge in [0.25, 0.3) is 11.5 Å². The molecule has 2 aliphatic rings. The highest BCUT2D eigenvalue weighted by Gasteiger charge is 2.31. The quantitative estimate of drug-likeness (QED) is 0.472. The van der Waals surface area contributed by atoms with Gasteiger partial charge in [0.1, 0.15) is 0 Å². The number of benzene rings is 1. The summed E-state index contributed by atoms with van der Waals surface area (Å²) in [7, 11) is 0. The van der Waals surface area contributed by atoms with Crippen molar-refractivity contribution in [2.75, 3.05) is 26.2 Å². The highest BCUT2D eigenvalue weighted by atomic mass is 127. The standard InChI is InChI=1S/C25H26IN5O4/c26-20-14-27-17(15-31-21-8-4-3-7-18(21)22(32)28-25(31)35)13-19(20)24(34)30-11-9-29(10-12-30)23(33)16-5-1-2-6-16/h3-4,7-8,13-14,16H,1-2,5-6,9-12,15H2,(H,28,32,35). The molecule has 3 heterocycles. The SMILES string of the molecule is O=C(c1cc(Cn2c(=O)[nH]c(=O)c3ccccc32)ncc1I)N1CCN(C(=O)C2CCCC2)CC1. The van der Waals surface area contributed by atoms with E-state index >= 15 is 0 Å². The Morgan fingerprint density at radius 1 is 1.03 bits per heavy atom. The number of piperazine rings is 1. The lowest BCUT2D eigenvalue weighted by Crippen LogP contribution is -2.51. The Balaban J connectivity index is 1.34. The molecule has 10 heteroatoms. The summed E-state index contributed by atoms with van der Waals surface area (Å²) in [5.74, 6) is 0.270. The number of carbonyl (C=O) groups is 2. The zero-order valence-corrected chi connectivity index (χ0v) is 21.4. The second-order valence-electron chi connectivity index (χ2n) is 9.12. The highest BCUT2D eigenvalue weighted by molar-refractivity contribution is 14.1. The molecular formula is C25H26IN5O4. The van der Waals surface area contributed by atoms with Crippen LogP contribution in [-0.4, -0.2) is 62.3 Å². The molecule has 182 valence electrons. The van der Waals surface area contributed by atoms with Gasteiger partial charge in [-0.1, -0.05) is 25.0 Å². The third-order valence-corrected chi connectivity index (χ3v) is 7.81. The van der Waals surface area contributed by atoms with E-state index in [0.29, 0.717) is 48.3 Å². The minimum absolute atomic E-state index is 0.107. The van der Waals surface area contributed by atoms with Gasteiger partial charge in [-0.05, 0) is 53.6 Å². The van der Waals surface area contributed by atoms with Gasteiger partial charge in [0.05, 0.1) is 28.7 Å². The Labute approximate surface area is 215 Å². The molecular weight excluding hydrogens is 561 g/mol. The van der Waals surface area contributed by atoms with Crippen LogP contribution in [0.4, 0.5) is 0 Å². The topological polar surface area (TPSA) is 108 Å². The number of rotatable bonds is 4. The van der Waals surface area contributed by atoms with E-state index in [9.17, 15) is 19.2 Å². The van der Waals surface area contributed by atoms with E-state index in [4.69, 9.17) is 0 Å². The molecule has 35 heavy (non-hydrogen) atoms. The first-order valence-corrected chi connectivity index (χ1v) is 12.9. The fraction of sp³-hybridized carbons (Fsp3) is 0.400. The largest absolute Gasteiger partial charge is 0.339 e. The molecule has 1 aliphatic carbocycles. The number of para-hydroxylation sites is 1. The monoisotopic (exact) mass is 587 g/mol. The summed E-state index contributed by atoms with van der Waals surface area (Å²) in [6.07, 6.45) is 5.83. The van der Waals surface area contributed by atoms with Crippen LogP contribution in [0.3, 0.4) is 0 Å². The molecule has 3 aromatic rings. The van der Waals surface area contributed by atoms with Crippen molar-refractivity contribution >= 4 is 45.3 Å². The maximum Gasteiger partial charge on any atom is 0.329 e. The number of pyridine rings is 1. The fourth-order valence-corrected chi connectivity index (χ4v) is 5.55. The first-order valence-electron chi connectivity index (χ1n) is 11.9. The Morgan fingerprint density at radius 3 is 2.46 bits per heavy atom. The number of hydrogen-bond donors (Lipinski definition) is 1. The Bertz CT molecular complexity index is 1400. The lowest BCUT2D eigenvalue weighted by Gasteiger charge is -2.36. The van der Waals surface area contributed by atoms with E-state index in [-0.39, 0.29) is 24.3 Å². The minimum atomic E-state index is -0.523. The second-order valence-corrected chi connectivity index (χ2v) is 10.3. The average Bonchev–Trinajstić information content (AvgIpc) is 3.42. The van der Waals surface area contributed by atoms with Gasteiger partial charge in [0.2, 0.25) is 5.91 Å². The third kappa shape index (κ3) is 4.75. The van der Waals surface area contributed by atoms with Crippen molar-refractivity contribution < 1.29 is 9.59 Å². The van der Waals surface area contributed by atoms with E-state index < -0.39 is 11.2 Å². The van der Waals surface area contributed by atoms with E-state index in [1.165, 1.54) is 4.57 Å². The van der Waals surface area contributed by atoms with Crippen LogP contribution < -0.4 is 11.2 Å². The zero-order chi connectivity index (χ0) is 24.5. The van der Waals surface area contributed by atoms with Crippen LogP contribution in [0.1, 0.15) is 41.7 Å². The van der Waals surface area contributed by atoms with Crippen molar-refractivity contribution in [2.24, 2.45) is 5.92 Å². The predicted molar refractivity (Wildman–Crippen MR) is 139 cm³/mol. The van der Waals surface area contributed by atoms with Gasteiger partial charge < -0.3 is 9.80 Å². The second kappa shape index (κ2) is 9.92. The molecule has 1 N–H and O–H groups in total. The number of halogens is 1. The summed E-state index contributed by atoms with van der Waals surface area (Å²) in [6, 6.07) is 8.61. The van der Waals surface area contributed by atoms with Crippen LogP contribution >= 0.6 is 22.6 Å². The number of carbonyl (C=O) groups excluding carboxylic acids is 2. The number of fused-ring (bicyclic) bond motifs is 1. The van der Waals surface area contributed by atoms with Gasteiger partial charge in [-0.2, -0.15) is 0 Å². The smallest absolute Gasteiger partial charge is 0.329 e. The van der Waals surface area contributed by atoms with Gasteiger partial charge in [-0.3, -0.25) is 28.9 Å². The Hall–Kier alpha value is -3.02. The number of aromatic nitrogens is 3. The number of hydrogen-bond acceptors (Lipinski definition) is 5. The molecule has 1 saturated carbocycles. The van der Waals surface area contributed by atoms with Crippen molar-refractivity contribution in [3.63, 3.8) is 0 Å². The summed E-state index contributed by atoms with van der Waals surface area (Å²) in [6.45, 7) is 2.21. The Kier molecular flexibility index (Phi) is 6.72. The molecule has 9 nitrogen and oxygen atoms in total. The predicted octanol–water partition coefficient (Wildman–Crippen LogP) is 2.21. The van der Waals surface area contributed by atoms with E-state index in [1.54, 1.807) is 41.4 Å². The van der Waals surface area contributed by atoms with E-state index in [1.807, 2.05) is 4.90 Å². The molecule has 0 bridgehead atoms. The van der Waals surface area contributed by atoms with Crippen molar-refractivity contribution in [1.82, 2.24) is 24.3 Å². The van der Waals surface area contributed by atoms with Crippen LogP contribution in [0.15, 0.2) is 46.1 Å². The first-order chi connectivity index (χ1) is 16.9. The lowest BCUT2D eigenvalue weighted by molar-refractivity contribution is -0.136. The molecule has 2 fully saturated rings. The van der Waals surface area contributed by atoms with E-state index in [2.05, 4.69) is 32.6 Å². The van der Waals surface area contributed by atoms with Gasteiger partial charge in [0, 0.05) is 41.9 Å². The van der Waals surface area contributed by atoms with Crippen LogP contribution in [0, 0.1) is 9.49 Å². The van der Waals surface area contributed by atoms with Crippen LogP contribution in [-0.2, 0) is 11.3 Å². The van der Waals surface area contributed by atoms with Crippen molar-refractivity contribution in [2.45, 2.75) is 32.2 Å². The number of amides is 2. The third-order valence-electron chi connectivity index (χ3n) is 6.95. The number of H-pyrrole nitrogens is 1. The summed E-state index contributed by atoms with van der Waals surface area (Å²) < 4.78 is 2.17. The van der Waals surface area contributed by atoms with Crippen LogP contribution in [0.25, 0.3) is 10.9 Å². The maximum absolute atomic E-state index is 13.4. The van der Waals surface area contributed by atoms with Gasteiger partial charge in [-0.25, -0.2) is 4.79 Å². The summed E-state index contributed by atoms with van der Waals surface area (Å²) in [4.78, 5) is 61.2. The molecule has 0 atom stereocenters. The van der Waals surface area contributed by atoms with Crippen LogP contribution in [0.5, 0.6) is 0 Å². The first kappa shape index (κ1) is 23.7. The number of aromatic amines is 1. The lowest BCUT2D eigenvalue weighted by atomic mass is 10.1. The average molecular weight is 587 g/mol. The highest BCUT2D eigenvalue weighted by Crippen LogP contribution is 2.27. The minimum Gasteiger partial charge on any atom is -0.339 e. The number of nitrogens with one attached hydrogen (secondary N) is 1. The number of nitrogens with zero attached hydrogens (tertiary/aromatic N) is 4. The molecule has 0 unspecified atom stereocenters. The summed E-state index contributed by atoms with van der Waals surface area (Å²) >= 11 is 2.09. The molecule has 2 aromatic heterocycles. The van der Waals surface area contributed by atoms with Crippen molar-refractivity contribution in [3.05, 3.63) is 72.2 Å². The molecule has 0 spiro atoms. The summed E-state index contributed by atoms with van der Waals surface area (Å²) in [5, 5.41) is 0.416.